The first-order chi connectivity index (χ1) is 10.6. The monoisotopic (exact) mass is 288 g/mol. The second kappa shape index (κ2) is 4.60. The van der Waals surface area contributed by atoms with Crippen LogP contribution in [-0.4, -0.2) is 15.3 Å². The summed E-state index contributed by atoms with van der Waals surface area (Å²) < 4.78 is 2.05. The van der Waals surface area contributed by atoms with Gasteiger partial charge < -0.3 is 9.55 Å². The smallest absolute Gasteiger partial charge is 0.209 e. The molecule has 0 aliphatic carbocycles. The predicted octanol–water partition coefficient (Wildman–Crippen LogP) is 4.20. The van der Waals surface area contributed by atoms with Crippen molar-refractivity contribution in [3.05, 3.63) is 71.5 Å². The number of benzene rings is 2. The molecule has 22 heavy (non-hydrogen) atoms. The normalized spacial score (nSPS) is 11.4. The van der Waals surface area contributed by atoms with Crippen LogP contribution in [0.5, 0.6) is 0 Å². The molecular weight excluding hydrogens is 272 g/mol. The van der Waals surface area contributed by atoms with Crippen molar-refractivity contribution < 1.29 is 4.79 Å². The van der Waals surface area contributed by atoms with Gasteiger partial charge in [0.05, 0.1) is 5.69 Å². The Labute approximate surface area is 128 Å². The first kappa shape index (κ1) is 12.9. The fourth-order valence-electron chi connectivity index (χ4n) is 2.95. The molecule has 0 aliphatic heterocycles. The van der Waals surface area contributed by atoms with E-state index in [1.807, 2.05) is 55.7 Å². The van der Waals surface area contributed by atoms with E-state index in [1.165, 1.54) is 5.56 Å². The Morgan fingerprint density at radius 2 is 1.86 bits per heavy atom. The van der Waals surface area contributed by atoms with Crippen molar-refractivity contribution in [2.75, 3.05) is 0 Å². The molecule has 2 heterocycles. The van der Waals surface area contributed by atoms with Crippen LogP contribution in [0.2, 0.25) is 0 Å². The van der Waals surface area contributed by atoms with Gasteiger partial charge in [-0.2, -0.15) is 0 Å². The van der Waals surface area contributed by atoms with E-state index in [2.05, 4.69) is 22.5 Å². The second-order valence-corrected chi connectivity index (χ2v) is 5.80. The Bertz CT molecular complexity index is 1020. The number of nitrogens with zero attached hydrogens (tertiary/aromatic N) is 1. The fraction of sp³-hybridized carbons (Fsp3) is 0.105. The van der Waals surface area contributed by atoms with Gasteiger partial charge in [0.15, 0.2) is 0 Å². The first-order valence-corrected chi connectivity index (χ1v) is 7.31. The minimum absolute atomic E-state index is 0.0274. The minimum Gasteiger partial charge on any atom is -0.352 e. The van der Waals surface area contributed by atoms with E-state index in [0.717, 1.165) is 21.8 Å². The highest BCUT2D eigenvalue weighted by Crippen LogP contribution is 2.22. The molecule has 0 unspecified atom stereocenters. The predicted molar refractivity (Wildman–Crippen MR) is 89.4 cm³/mol. The van der Waals surface area contributed by atoms with Crippen LogP contribution in [0.4, 0.5) is 0 Å². The molecule has 0 radical (unpaired) electrons. The lowest BCUT2D eigenvalue weighted by atomic mass is 10.1. The number of H-pyrrole nitrogens is 1. The molecule has 0 aliphatic rings. The van der Waals surface area contributed by atoms with Crippen molar-refractivity contribution in [2.24, 2.45) is 7.05 Å². The lowest BCUT2D eigenvalue weighted by Gasteiger charge is -2.00. The van der Waals surface area contributed by atoms with Gasteiger partial charge in [0, 0.05) is 40.6 Å². The van der Waals surface area contributed by atoms with Gasteiger partial charge in [0.1, 0.15) is 0 Å². The number of fused-ring (bicyclic) bond motifs is 2. The molecule has 0 spiro atoms. The van der Waals surface area contributed by atoms with Crippen molar-refractivity contribution in [1.82, 2.24) is 9.55 Å². The van der Waals surface area contributed by atoms with E-state index in [4.69, 9.17) is 0 Å². The maximum atomic E-state index is 12.7. The number of hydrogen-bond acceptors (Lipinski definition) is 1. The summed E-state index contributed by atoms with van der Waals surface area (Å²) in [6, 6.07) is 15.9. The Kier molecular flexibility index (Phi) is 2.70. The van der Waals surface area contributed by atoms with Gasteiger partial charge in [-0.25, -0.2) is 0 Å². The van der Waals surface area contributed by atoms with Crippen LogP contribution in [-0.2, 0) is 7.05 Å². The zero-order valence-electron chi connectivity index (χ0n) is 12.6. The molecule has 2 aromatic carbocycles. The van der Waals surface area contributed by atoms with Crippen LogP contribution in [0, 0.1) is 6.92 Å². The highest BCUT2D eigenvalue weighted by atomic mass is 16.1. The summed E-state index contributed by atoms with van der Waals surface area (Å²) in [4.78, 5) is 15.9. The molecular formula is C19H16N2O. The third-order valence-corrected chi connectivity index (χ3v) is 4.17. The standard InChI is InChI=1S/C19H16N2O/c1-12-3-5-16-15(9-12)11-17(20-16)19(22)14-4-6-18-13(10-14)7-8-21(18)2/h3-11,20H,1-2H3. The van der Waals surface area contributed by atoms with Crippen molar-refractivity contribution in [2.45, 2.75) is 6.92 Å². The number of aromatic nitrogens is 2. The molecule has 0 fully saturated rings. The molecule has 0 saturated heterocycles. The van der Waals surface area contributed by atoms with Gasteiger partial charge in [0.2, 0.25) is 5.78 Å². The number of rotatable bonds is 2. The van der Waals surface area contributed by atoms with E-state index >= 15 is 0 Å². The number of aromatic amines is 1. The van der Waals surface area contributed by atoms with Crippen LogP contribution >= 0.6 is 0 Å². The average molecular weight is 288 g/mol. The van der Waals surface area contributed by atoms with Gasteiger partial charge in [0.25, 0.3) is 0 Å². The SMILES string of the molecule is Cc1ccc2[nH]c(C(=O)c3ccc4c(ccn4C)c3)cc2c1. The molecule has 4 aromatic rings. The minimum atomic E-state index is 0.0274. The van der Waals surface area contributed by atoms with Gasteiger partial charge >= 0.3 is 0 Å². The Morgan fingerprint density at radius 3 is 2.73 bits per heavy atom. The number of carbonyl (C=O) groups is 1. The zero-order valence-corrected chi connectivity index (χ0v) is 12.6. The number of aryl methyl sites for hydroxylation is 2. The lowest BCUT2D eigenvalue weighted by Crippen LogP contribution is -2.01. The maximum Gasteiger partial charge on any atom is 0.209 e. The first-order valence-electron chi connectivity index (χ1n) is 7.31. The molecule has 0 atom stereocenters. The summed E-state index contributed by atoms with van der Waals surface area (Å²) >= 11 is 0. The van der Waals surface area contributed by atoms with Crippen molar-refractivity contribution in [3.8, 4) is 0 Å². The van der Waals surface area contributed by atoms with Gasteiger partial charge in [-0.3, -0.25) is 4.79 Å². The van der Waals surface area contributed by atoms with Crippen molar-refractivity contribution in [1.29, 1.82) is 0 Å². The van der Waals surface area contributed by atoms with E-state index in [0.29, 0.717) is 11.3 Å². The molecule has 3 heteroatoms. The lowest BCUT2D eigenvalue weighted by molar-refractivity contribution is 0.103. The van der Waals surface area contributed by atoms with Gasteiger partial charge in [-0.15, -0.1) is 0 Å². The van der Waals surface area contributed by atoms with Crippen LogP contribution < -0.4 is 0 Å². The van der Waals surface area contributed by atoms with E-state index < -0.39 is 0 Å². The van der Waals surface area contributed by atoms with Crippen molar-refractivity contribution in [3.63, 3.8) is 0 Å². The highest BCUT2D eigenvalue weighted by molar-refractivity contribution is 6.11. The molecule has 2 aromatic heterocycles. The highest BCUT2D eigenvalue weighted by Gasteiger charge is 2.13. The molecule has 0 amide bonds. The molecule has 1 N–H and O–H groups in total. The summed E-state index contributed by atoms with van der Waals surface area (Å²) in [6.45, 7) is 2.05. The third kappa shape index (κ3) is 1.94. The largest absolute Gasteiger partial charge is 0.352 e. The Balaban J connectivity index is 1.80. The molecule has 108 valence electrons. The summed E-state index contributed by atoms with van der Waals surface area (Å²) in [6.07, 6.45) is 2.00. The number of hydrogen-bond donors (Lipinski definition) is 1. The van der Waals surface area contributed by atoms with Crippen molar-refractivity contribution >= 4 is 27.6 Å². The topological polar surface area (TPSA) is 37.8 Å². The van der Waals surface area contributed by atoms with Crippen LogP contribution in [0.1, 0.15) is 21.6 Å². The maximum absolute atomic E-state index is 12.7. The third-order valence-electron chi connectivity index (χ3n) is 4.17. The number of carbonyl (C=O) groups excluding carboxylic acids is 1. The Morgan fingerprint density at radius 1 is 1.00 bits per heavy atom. The zero-order chi connectivity index (χ0) is 15.3. The Hall–Kier alpha value is -2.81. The summed E-state index contributed by atoms with van der Waals surface area (Å²) in [7, 11) is 2.00. The van der Waals surface area contributed by atoms with E-state index in [1.54, 1.807) is 0 Å². The average Bonchev–Trinajstić information content (AvgIpc) is 3.09. The molecule has 4 rings (SSSR count). The van der Waals surface area contributed by atoms with E-state index in [-0.39, 0.29) is 5.78 Å². The molecule has 3 nitrogen and oxygen atoms in total. The fourth-order valence-corrected chi connectivity index (χ4v) is 2.95. The van der Waals surface area contributed by atoms with Crippen LogP contribution in [0.3, 0.4) is 0 Å². The quantitative estimate of drug-likeness (QED) is 0.552. The van der Waals surface area contributed by atoms with Crippen LogP contribution in [0.25, 0.3) is 21.8 Å². The van der Waals surface area contributed by atoms with Crippen LogP contribution in [0.15, 0.2) is 54.7 Å². The molecule has 0 saturated carbocycles. The van der Waals surface area contributed by atoms with Gasteiger partial charge in [-0.05, 0) is 49.4 Å². The second-order valence-electron chi connectivity index (χ2n) is 5.80. The van der Waals surface area contributed by atoms with Gasteiger partial charge in [-0.1, -0.05) is 11.6 Å². The number of ketones is 1. The summed E-state index contributed by atoms with van der Waals surface area (Å²) in [5, 5.41) is 2.16. The number of nitrogens with one attached hydrogen (secondary N) is 1. The molecule has 0 bridgehead atoms. The summed E-state index contributed by atoms with van der Waals surface area (Å²) in [5.41, 5.74) is 4.66. The summed E-state index contributed by atoms with van der Waals surface area (Å²) in [5.74, 6) is 0.0274. The van der Waals surface area contributed by atoms with E-state index in [9.17, 15) is 4.79 Å².